The number of benzene rings is 1. The topological polar surface area (TPSA) is 79.0 Å². The Balaban J connectivity index is 1.49. The summed E-state index contributed by atoms with van der Waals surface area (Å²) in [5.74, 6) is -0.282. The molecule has 0 unspecified atom stereocenters. The number of carbonyl (C=O) groups excluding carboxylic acids is 3. The number of anilines is 1. The van der Waals surface area contributed by atoms with Crippen molar-refractivity contribution in [2.75, 3.05) is 31.1 Å². The van der Waals surface area contributed by atoms with Crippen molar-refractivity contribution in [3.63, 3.8) is 0 Å². The fourth-order valence-electron chi connectivity index (χ4n) is 3.51. The van der Waals surface area contributed by atoms with E-state index < -0.39 is 0 Å². The zero-order valence-corrected chi connectivity index (χ0v) is 15.0. The first-order valence-corrected chi connectivity index (χ1v) is 9.16. The van der Waals surface area contributed by atoms with Crippen LogP contribution in [0.4, 0.5) is 10.5 Å². The lowest BCUT2D eigenvalue weighted by Gasteiger charge is -2.31. The van der Waals surface area contributed by atoms with Gasteiger partial charge in [-0.05, 0) is 31.9 Å². The highest BCUT2D eigenvalue weighted by molar-refractivity contribution is 5.96. The number of para-hydroxylation sites is 1. The van der Waals surface area contributed by atoms with Crippen LogP contribution in [-0.4, -0.2) is 55.1 Å². The van der Waals surface area contributed by atoms with E-state index in [2.05, 4.69) is 5.32 Å². The van der Waals surface area contributed by atoms with E-state index in [0.717, 1.165) is 5.69 Å². The molecule has 140 valence electrons. The van der Waals surface area contributed by atoms with Crippen molar-refractivity contribution in [1.29, 1.82) is 0 Å². The molecule has 2 aliphatic heterocycles. The molecule has 7 heteroatoms. The lowest BCUT2D eigenvalue weighted by Crippen LogP contribution is -2.49. The number of hydrogen-bond donors (Lipinski definition) is 1. The average molecular weight is 359 g/mol. The number of piperidine rings is 1. The van der Waals surface area contributed by atoms with Gasteiger partial charge in [-0.1, -0.05) is 18.2 Å². The van der Waals surface area contributed by atoms with Gasteiger partial charge in [0.05, 0.1) is 18.6 Å². The third-order valence-electron chi connectivity index (χ3n) is 4.92. The molecule has 0 aromatic heterocycles. The van der Waals surface area contributed by atoms with Crippen molar-refractivity contribution in [1.82, 2.24) is 10.2 Å². The molecule has 1 N–H and O–H groups in total. The molecular weight excluding hydrogens is 334 g/mol. The zero-order valence-electron chi connectivity index (χ0n) is 15.0. The molecular formula is C19H25N3O4. The van der Waals surface area contributed by atoms with Gasteiger partial charge in [0, 0.05) is 31.7 Å². The molecule has 3 rings (SSSR count). The summed E-state index contributed by atoms with van der Waals surface area (Å²) >= 11 is 0. The number of rotatable bonds is 4. The lowest BCUT2D eigenvalue weighted by atomic mass is 9.97. The minimum absolute atomic E-state index is 0.0162. The molecule has 26 heavy (non-hydrogen) atoms. The second-order valence-corrected chi connectivity index (χ2v) is 6.70. The van der Waals surface area contributed by atoms with Crippen LogP contribution in [0.25, 0.3) is 0 Å². The van der Waals surface area contributed by atoms with Gasteiger partial charge in [-0.15, -0.1) is 0 Å². The highest BCUT2D eigenvalue weighted by Gasteiger charge is 2.34. The largest absolute Gasteiger partial charge is 0.466 e. The molecule has 0 aliphatic carbocycles. The van der Waals surface area contributed by atoms with Crippen LogP contribution in [-0.2, 0) is 14.3 Å². The van der Waals surface area contributed by atoms with Gasteiger partial charge in [-0.2, -0.15) is 0 Å². The number of likely N-dealkylation sites (tertiary alicyclic amines) is 1. The summed E-state index contributed by atoms with van der Waals surface area (Å²) in [6.07, 6.45) is 1.54. The first-order valence-electron chi connectivity index (χ1n) is 9.16. The summed E-state index contributed by atoms with van der Waals surface area (Å²) in [7, 11) is 0. The van der Waals surface area contributed by atoms with Crippen LogP contribution in [0.3, 0.4) is 0 Å². The number of carbonyl (C=O) groups is 3. The van der Waals surface area contributed by atoms with E-state index >= 15 is 0 Å². The van der Waals surface area contributed by atoms with Crippen molar-refractivity contribution in [2.45, 2.75) is 32.2 Å². The highest BCUT2D eigenvalue weighted by Crippen LogP contribution is 2.22. The molecule has 1 aromatic carbocycles. The first kappa shape index (κ1) is 18.2. The second kappa shape index (κ2) is 8.21. The van der Waals surface area contributed by atoms with Gasteiger partial charge in [0.15, 0.2) is 0 Å². The lowest BCUT2D eigenvalue weighted by molar-refractivity contribution is -0.149. The van der Waals surface area contributed by atoms with Gasteiger partial charge in [0.25, 0.3) is 0 Å². The summed E-state index contributed by atoms with van der Waals surface area (Å²) in [4.78, 5) is 39.9. The van der Waals surface area contributed by atoms with Crippen molar-refractivity contribution < 1.29 is 19.1 Å². The average Bonchev–Trinajstić information content (AvgIpc) is 3.03. The molecule has 0 radical (unpaired) electrons. The number of esters is 1. The predicted molar refractivity (Wildman–Crippen MR) is 96.7 cm³/mol. The Labute approximate surface area is 153 Å². The summed E-state index contributed by atoms with van der Waals surface area (Å²) in [5, 5.41) is 2.96. The third kappa shape index (κ3) is 4.15. The first-order chi connectivity index (χ1) is 12.6. The van der Waals surface area contributed by atoms with Crippen LogP contribution in [0.15, 0.2) is 30.3 Å². The quantitative estimate of drug-likeness (QED) is 0.831. The number of amides is 3. The smallest absolute Gasteiger partial charge is 0.317 e. The molecule has 2 fully saturated rings. The van der Waals surface area contributed by atoms with Gasteiger partial charge in [-0.3, -0.25) is 9.59 Å². The molecule has 1 atom stereocenters. The molecule has 0 spiro atoms. The predicted octanol–water partition coefficient (Wildman–Crippen LogP) is 1.78. The Bertz CT molecular complexity index is 656. The number of nitrogens with zero attached hydrogens (tertiary/aromatic N) is 2. The maximum absolute atomic E-state index is 12.5. The Hall–Kier alpha value is -2.57. The third-order valence-corrected chi connectivity index (χ3v) is 4.92. The van der Waals surface area contributed by atoms with Crippen molar-refractivity contribution in [2.24, 2.45) is 5.92 Å². The maximum Gasteiger partial charge on any atom is 0.317 e. The standard InChI is InChI=1S/C19H25N3O4/c1-2-26-18(24)14-8-10-21(11-9-14)19(25)20-15-12-17(23)22(13-15)16-6-4-3-5-7-16/h3-7,14-15H,2,8-13H2,1H3,(H,20,25)/t15-/m0/s1. The summed E-state index contributed by atoms with van der Waals surface area (Å²) in [6, 6.07) is 9.11. The van der Waals surface area contributed by atoms with E-state index in [1.165, 1.54) is 0 Å². The Kier molecular flexibility index (Phi) is 5.75. The van der Waals surface area contributed by atoms with E-state index in [1.807, 2.05) is 30.3 Å². The molecule has 2 saturated heterocycles. The molecule has 7 nitrogen and oxygen atoms in total. The van der Waals surface area contributed by atoms with E-state index in [-0.39, 0.29) is 29.9 Å². The van der Waals surface area contributed by atoms with Crippen molar-refractivity contribution >= 4 is 23.6 Å². The SMILES string of the molecule is CCOC(=O)C1CCN(C(=O)N[C@H]2CC(=O)N(c3ccccc3)C2)CC1. The van der Waals surface area contributed by atoms with E-state index in [0.29, 0.717) is 45.5 Å². The summed E-state index contributed by atoms with van der Waals surface area (Å²) in [5.41, 5.74) is 0.851. The second-order valence-electron chi connectivity index (χ2n) is 6.70. The molecule has 0 saturated carbocycles. The molecule has 3 amide bonds. The van der Waals surface area contributed by atoms with Gasteiger partial charge >= 0.3 is 12.0 Å². The van der Waals surface area contributed by atoms with Crippen LogP contribution in [0, 0.1) is 5.92 Å². The van der Waals surface area contributed by atoms with Crippen LogP contribution in [0.1, 0.15) is 26.2 Å². The van der Waals surface area contributed by atoms with Gasteiger partial charge in [0.1, 0.15) is 0 Å². The maximum atomic E-state index is 12.5. The van der Waals surface area contributed by atoms with Crippen LogP contribution >= 0.6 is 0 Å². The minimum Gasteiger partial charge on any atom is -0.466 e. The fraction of sp³-hybridized carbons (Fsp3) is 0.526. The highest BCUT2D eigenvalue weighted by atomic mass is 16.5. The zero-order chi connectivity index (χ0) is 18.5. The van der Waals surface area contributed by atoms with E-state index in [1.54, 1.807) is 16.7 Å². The van der Waals surface area contributed by atoms with Crippen LogP contribution < -0.4 is 10.2 Å². The van der Waals surface area contributed by atoms with Crippen LogP contribution in [0.5, 0.6) is 0 Å². The number of urea groups is 1. The number of nitrogens with one attached hydrogen (secondary N) is 1. The molecule has 1 aromatic rings. The number of ether oxygens (including phenoxy) is 1. The minimum atomic E-state index is -0.196. The molecule has 2 aliphatic rings. The van der Waals surface area contributed by atoms with Gasteiger partial charge in [0.2, 0.25) is 5.91 Å². The summed E-state index contributed by atoms with van der Waals surface area (Å²) < 4.78 is 5.05. The Morgan fingerprint density at radius 3 is 2.54 bits per heavy atom. The Morgan fingerprint density at radius 2 is 1.88 bits per heavy atom. The fourth-order valence-corrected chi connectivity index (χ4v) is 3.51. The summed E-state index contributed by atoms with van der Waals surface area (Å²) in [6.45, 7) is 3.71. The molecule has 2 heterocycles. The van der Waals surface area contributed by atoms with E-state index in [4.69, 9.17) is 4.74 Å². The van der Waals surface area contributed by atoms with E-state index in [9.17, 15) is 14.4 Å². The normalized spacial score (nSPS) is 21.0. The monoisotopic (exact) mass is 359 g/mol. The van der Waals surface area contributed by atoms with Gasteiger partial charge < -0.3 is 19.9 Å². The van der Waals surface area contributed by atoms with Gasteiger partial charge in [-0.25, -0.2) is 4.79 Å². The van der Waals surface area contributed by atoms with Crippen LogP contribution in [0.2, 0.25) is 0 Å². The van der Waals surface area contributed by atoms with Crippen molar-refractivity contribution in [3.05, 3.63) is 30.3 Å². The number of hydrogen-bond acceptors (Lipinski definition) is 4. The molecule has 0 bridgehead atoms. The van der Waals surface area contributed by atoms with Crippen molar-refractivity contribution in [3.8, 4) is 0 Å². The Morgan fingerprint density at radius 1 is 1.19 bits per heavy atom.